The molecule has 0 spiro atoms. The quantitative estimate of drug-likeness (QED) is 0.654. The van der Waals surface area contributed by atoms with Crippen LogP contribution in [0.5, 0.6) is 0 Å². The molecule has 0 aliphatic carbocycles. The van der Waals surface area contributed by atoms with Gasteiger partial charge in [0.1, 0.15) is 0 Å². The molecule has 74 valence electrons. The van der Waals surface area contributed by atoms with Gasteiger partial charge in [-0.1, -0.05) is 17.7 Å². The first kappa shape index (κ1) is 10.5. The van der Waals surface area contributed by atoms with Crippen LogP contribution in [-0.4, -0.2) is 13.1 Å². The third-order valence-corrected chi connectivity index (χ3v) is 3.18. The summed E-state index contributed by atoms with van der Waals surface area (Å²) in [6.07, 6.45) is 3.59. The molecule has 0 bridgehead atoms. The Labute approximate surface area is 81.9 Å². The van der Waals surface area contributed by atoms with Crippen LogP contribution in [0.15, 0.2) is 24.3 Å². The van der Waals surface area contributed by atoms with Crippen LogP contribution in [0.2, 0.25) is 0 Å². The van der Waals surface area contributed by atoms with E-state index in [0.717, 1.165) is 19.5 Å². The molecule has 13 heavy (non-hydrogen) atoms. The van der Waals surface area contributed by atoms with E-state index in [1.165, 1.54) is 24.0 Å². The lowest BCUT2D eigenvalue weighted by Gasteiger charge is -2.29. The number of nitrogens with one attached hydrogen (secondary N) is 1. The van der Waals surface area contributed by atoms with Crippen molar-refractivity contribution in [1.82, 2.24) is 5.32 Å². The van der Waals surface area contributed by atoms with Crippen LogP contribution in [0, 0.1) is 5.41 Å². The summed E-state index contributed by atoms with van der Waals surface area (Å²) >= 11 is 0. The van der Waals surface area contributed by atoms with E-state index in [9.17, 15) is 0 Å². The van der Waals surface area contributed by atoms with Gasteiger partial charge in [0.15, 0.2) is 0 Å². The van der Waals surface area contributed by atoms with Crippen molar-refractivity contribution >= 4 is 0 Å². The van der Waals surface area contributed by atoms with Crippen LogP contribution >= 0.6 is 0 Å². The minimum Gasteiger partial charge on any atom is -0.316 e. The second kappa shape index (κ2) is 4.10. The van der Waals surface area contributed by atoms with Gasteiger partial charge in [-0.05, 0) is 39.7 Å². The molecular formula is C12H21N. The maximum Gasteiger partial charge on any atom is 0.00463 e. The molecule has 1 aliphatic rings. The molecule has 0 aromatic heterocycles. The van der Waals surface area contributed by atoms with Crippen molar-refractivity contribution in [3.8, 4) is 0 Å². The largest absolute Gasteiger partial charge is 0.316 e. The van der Waals surface area contributed by atoms with Crippen LogP contribution < -0.4 is 5.32 Å². The van der Waals surface area contributed by atoms with Gasteiger partial charge in [0.25, 0.3) is 0 Å². The van der Waals surface area contributed by atoms with E-state index in [1.54, 1.807) is 0 Å². The van der Waals surface area contributed by atoms with Crippen LogP contribution in [0.4, 0.5) is 0 Å². The van der Waals surface area contributed by atoms with Crippen molar-refractivity contribution in [3.05, 3.63) is 24.3 Å². The average molecular weight is 179 g/mol. The molecule has 1 N–H and O–H groups in total. The van der Waals surface area contributed by atoms with E-state index in [4.69, 9.17) is 0 Å². The Bertz CT molecular complexity index is 209. The number of hydrogen-bond donors (Lipinski definition) is 1. The lowest BCUT2D eigenvalue weighted by molar-refractivity contribution is 0.365. The lowest BCUT2D eigenvalue weighted by Crippen LogP contribution is -2.25. The Balaban J connectivity index is 2.57. The zero-order chi connectivity index (χ0) is 9.90. The molecule has 0 aromatic carbocycles. The SMILES string of the molecule is C=C(C)CCC1(C(=C)C)CCNC1. The lowest BCUT2D eigenvalue weighted by atomic mass is 9.76. The molecule has 1 fully saturated rings. The first-order valence-corrected chi connectivity index (χ1v) is 5.08. The predicted octanol–water partition coefficient (Wildman–Crippen LogP) is 2.90. The van der Waals surface area contributed by atoms with Crippen LogP contribution in [-0.2, 0) is 0 Å². The van der Waals surface area contributed by atoms with Gasteiger partial charge in [0, 0.05) is 12.0 Å². The molecule has 1 atom stereocenters. The maximum atomic E-state index is 4.12. The van der Waals surface area contributed by atoms with Gasteiger partial charge in [0.05, 0.1) is 0 Å². The van der Waals surface area contributed by atoms with Crippen molar-refractivity contribution in [2.45, 2.75) is 33.1 Å². The molecular weight excluding hydrogens is 158 g/mol. The Morgan fingerprint density at radius 2 is 2.08 bits per heavy atom. The summed E-state index contributed by atoms with van der Waals surface area (Å²) in [6, 6.07) is 0. The fourth-order valence-electron chi connectivity index (χ4n) is 1.99. The second-order valence-corrected chi connectivity index (χ2v) is 4.44. The first-order valence-electron chi connectivity index (χ1n) is 5.08. The van der Waals surface area contributed by atoms with E-state index in [0.29, 0.717) is 5.41 Å². The highest BCUT2D eigenvalue weighted by Crippen LogP contribution is 2.38. The van der Waals surface area contributed by atoms with Gasteiger partial charge in [-0.2, -0.15) is 0 Å². The second-order valence-electron chi connectivity index (χ2n) is 4.44. The van der Waals surface area contributed by atoms with Gasteiger partial charge >= 0.3 is 0 Å². The number of allylic oxidation sites excluding steroid dienone is 1. The summed E-state index contributed by atoms with van der Waals surface area (Å²) in [5.74, 6) is 0. The number of hydrogen-bond acceptors (Lipinski definition) is 1. The van der Waals surface area contributed by atoms with Crippen LogP contribution in [0.25, 0.3) is 0 Å². The van der Waals surface area contributed by atoms with Gasteiger partial charge in [0.2, 0.25) is 0 Å². The summed E-state index contributed by atoms with van der Waals surface area (Å²) in [4.78, 5) is 0. The van der Waals surface area contributed by atoms with Crippen LogP contribution in [0.3, 0.4) is 0 Å². The maximum absolute atomic E-state index is 4.12. The van der Waals surface area contributed by atoms with E-state index >= 15 is 0 Å². The topological polar surface area (TPSA) is 12.0 Å². The predicted molar refractivity (Wildman–Crippen MR) is 58.8 cm³/mol. The highest BCUT2D eigenvalue weighted by atomic mass is 14.9. The zero-order valence-corrected chi connectivity index (χ0v) is 8.95. The summed E-state index contributed by atoms with van der Waals surface area (Å²) in [5, 5.41) is 3.43. The summed E-state index contributed by atoms with van der Waals surface area (Å²) in [5.41, 5.74) is 2.98. The molecule has 0 radical (unpaired) electrons. The molecule has 1 heterocycles. The van der Waals surface area contributed by atoms with Crippen molar-refractivity contribution in [3.63, 3.8) is 0 Å². The molecule has 1 aliphatic heterocycles. The van der Waals surface area contributed by atoms with E-state index < -0.39 is 0 Å². The molecule has 1 heteroatoms. The van der Waals surface area contributed by atoms with Crippen molar-refractivity contribution in [2.24, 2.45) is 5.41 Å². The standard InChI is InChI=1S/C12H21N/c1-10(2)5-6-12(11(3)4)7-8-13-9-12/h13H,1,3,5-9H2,2,4H3. The zero-order valence-electron chi connectivity index (χ0n) is 8.95. The molecule has 0 saturated carbocycles. The average Bonchev–Trinajstić information content (AvgIpc) is 2.50. The van der Waals surface area contributed by atoms with Gasteiger partial charge < -0.3 is 5.32 Å². The van der Waals surface area contributed by atoms with E-state index in [1.807, 2.05) is 0 Å². The molecule has 0 aromatic rings. The van der Waals surface area contributed by atoms with Crippen LogP contribution in [0.1, 0.15) is 33.1 Å². The van der Waals surface area contributed by atoms with Gasteiger partial charge in [-0.25, -0.2) is 0 Å². The third-order valence-electron chi connectivity index (χ3n) is 3.18. The molecule has 1 unspecified atom stereocenters. The monoisotopic (exact) mass is 179 g/mol. The summed E-state index contributed by atoms with van der Waals surface area (Å²) in [6.45, 7) is 14.6. The molecule has 1 saturated heterocycles. The third kappa shape index (κ3) is 2.44. The van der Waals surface area contributed by atoms with Gasteiger partial charge in [-0.3, -0.25) is 0 Å². The summed E-state index contributed by atoms with van der Waals surface area (Å²) < 4.78 is 0. The van der Waals surface area contributed by atoms with E-state index in [2.05, 4.69) is 32.3 Å². The number of rotatable bonds is 4. The van der Waals surface area contributed by atoms with Crippen molar-refractivity contribution in [1.29, 1.82) is 0 Å². The van der Waals surface area contributed by atoms with Gasteiger partial charge in [-0.15, -0.1) is 6.58 Å². The van der Waals surface area contributed by atoms with E-state index in [-0.39, 0.29) is 0 Å². The Kier molecular flexibility index (Phi) is 3.32. The highest BCUT2D eigenvalue weighted by Gasteiger charge is 2.33. The fraction of sp³-hybridized carbons (Fsp3) is 0.667. The Morgan fingerprint density at radius 1 is 1.38 bits per heavy atom. The minimum absolute atomic E-state index is 0.360. The smallest absolute Gasteiger partial charge is 0.00463 e. The fourth-order valence-corrected chi connectivity index (χ4v) is 1.99. The molecule has 1 rings (SSSR count). The molecule has 0 amide bonds. The van der Waals surface area contributed by atoms with Crippen molar-refractivity contribution < 1.29 is 0 Å². The summed E-state index contributed by atoms with van der Waals surface area (Å²) in [7, 11) is 0. The normalized spacial score (nSPS) is 27.5. The Hall–Kier alpha value is -0.560. The Morgan fingerprint density at radius 3 is 2.46 bits per heavy atom. The minimum atomic E-state index is 0.360. The highest BCUT2D eigenvalue weighted by molar-refractivity contribution is 5.12. The molecule has 1 nitrogen and oxygen atoms in total. The first-order chi connectivity index (χ1) is 6.07. The van der Waals surface area contributed by atoms with Crippen molar-refractivity contribution in [2.75, 3.05) is 13.1 Å².